The molecule has 2 heterocycles. The van der Waals surface area contributed by atoms with E-state index in [1.807, 2.05) is 30.3 Å². The van der Waals surface area contributed by atoms with Gasteiger partial charge in [0.25, 0.3) is 5.91 Å². The zero-order chi connectivity index (χ0) is 19.7. The number of aromatic nitrogens is 1. The molecule has 0 saturated carbocycles. The van der Waals surface area contributed by atoms with E-state index >= 15 is 0 Å². The van der Waals surface area contributed by atoms with Crippen LogP contribution in [0.4, 0.5) is 11.5 Å². The molecule has 1 aliphatic heterocycles. The van der Waals surface area contributed by atoms with Gasteiger partial charge in [0.05, 0.1) is 18.2 Å². The third kappa shape index (κ3) is 3.52. The van der Waals surface area contributed by atoms with E-state index in [1.54, 1.807) is 7.11 Å². The molecule has 1 N–H and O–H groups in total. The molecular formula is C23H25N3O2. The number of carbonyl (C=O) groups excluding carboxylic acids is 1. The third-order valence-electron chi connectivity index (χ3n) is 5.24. The second-order valence-electron chi connectivity index (χ2n) is 7.39. The van der Waals surface area contributed by atoms with Crippen LogP contribution in [0.25, 0.3) is 10.9 Å². The highest BCUT2D eigenvalue weighted by Crippen LogP contribution is 2.30. The van der Waals surface area contributed by atoms with Gasteiger partial charge in [0.15, 0.2) is 0 Å². The van der Waals surface area contributed by atoms with Gasteiger partial charge >= 0.3 is 0 Å². The summed E-state index contributed by atoms with van der Waals surface area (Å²) in [4.78, 5) is 20.3. The fraction of sp³-hybridized carbons (Fsp3) is 0.304. The molecule has 0 radical (unpaired) electrons. The lowest BCUT2D eigenvalue weighted by Gasteiger charge is -2.21. The molecule has 4 rings (SSSR count). The van der Waals surface area contributed by atoms with Gasteiger partial charge in [-0.2, -0.15) is 0 Å². The number of carbonyl (C=O) groups is 1. The Labute approximate surface area is 165 Å². The van der Waals surface area contributed by atoms with Crippen LogP contribution in [-0.4, -0.2) is 31.1 Å². The van der Waals surface area contributed by atoms with Crippen molar-refractivity contribution in [2.24, 2.45) is 0 Å². The molecule has 0 atom stereocenters. The molecule has 1 fully saturated rings. The number of rotatable bonds is 4. The van der Waals surface area contributed by atoms with Crippen LogP contribution in [0.3, 0.4) is 0 Å². The Balaban J connectivity index is 1.78. The first-order valence-electron chi connectivity index (χ1n) is 9.67. The van der Waals surface area contributed by atoms with E-state index in [0.717, 1.165) is 48.2 Å². The Morgan fingerprint density at radius 3 is 2.64 bits per heavy atom. The average Bonchev–Trinajstić information content (AvgIpc) is 3.21. The molecule has 144 valence electrons. The van der Waals surface area contributed by atoms with Gasteiger partial charge in [-0.25, -0.2) is 4.98 Å². The highest BCUT2D eigenvalue weighted by Gasteiger charge is 2.22. The van der Waals surface area contributed by atoms with Gasteiger partial charge in [0.2, 0.25) is 0 Å². The van der Waals surface area contributed by atoms with Crippen LogP contribution in [-0.2, 0) is 0 Å². The SMILES string of the molecule is COc1cccc(NC(=O)c2cc3c(C)cc(C)cc3nc2N2CCCC2)c1. The van der Waals surface area contributed by atoms with E-state index < -0.39 is 0 Å². The van der Waals surface area contributed by atoms with Crippen molar-refractivity contribution < 1.29 is 9.53 Å². The van der Waals surface area contributed by atoms with Crippen molar-refractivity contribution in [3.8, 4) is 5.75 Å². The zero-order valence-electron chi connectivity index (χ0n) is 16.6. The minimum atomic E-state index is -0.149. The predicted octanol–water partition coefficient (Wildman–Crippen LogP) is 4.71. The maximum atomic E-state index is 13.2. The van der Waals surface area contributed by atoms with Crippen LogP contribution >= 0.6 is 0 Å². The van der Waals surface area contributed by atoms with Crippen LogP contribution in [0.1, 0.15) is 34.3 Å². The molecule has 28 heavy (non-hydrogen) atoms. The number of ether oxygens (including phenoxy) is 1. The molecule has 2 aromatic carbocycles. The molecule has 1 amide bonds. The van der Waals surface area contributed by atoms with Crippen LogP contribution in [0.2, 0.25) is 0 Å². The predicted molar refractivity (Wildman–Crippen MR) is 114 cm³/mol. The minimum absolute atomic E-state index is 0.149. The molecule has 0 aliphatic carbocycles. The molecule has 1 aromatic heterocycles. The number of hydrogen-bond donors (Lipinski definition) is 1. The Bertz CT molecular complexity index is 1040. The third-order valence-corrected chi connectivity index (χ3v) is 5.24. The summed E-state index contributed by atoms with van der Waals surface area (Å²) in [5.41, 5.74) is 4.57. The van der Waals surface area contributed by atoms with Gasteiger partial charge in [0.1, 0.15) is 11.6 Å². The first kappa shape index (κ1) is 18.3. The van der Waals surface area contributed by atoms with Crippen LogP contribution < -0.4 is 15.0 Å². The summed E-state index contributed by atoms with van der Waals surface area (Å²) in [6.45, 7) is 6.01. The second kappa shape index (κ2) is 7.50. The number of amides is 1. The van der Waals surface area contributed by atoms with Gasteiger partial charge in [-0.15, -0.1) is 0 Å². The van der Waals surface area contributed by atoms with Gasteiger partial charge in [0, 0.05) is 30.2 Å². The first-order chi connectivity index (χ1) is 13.5. The largest absolute Gasteiger partial charge is 0.497 e. The topological polar surface area (TPSA) is 54.5 Å². The van der Waals surface area contributed by atoms with Gasteiger partial charge in [-0.05, 0) is 62.1 Å². The smallest absolute Gasteiger partial charge is 0.259 e. The summed E-state index contributed by atoms with van der Waals surface area (Å²) in [5.74, 6) is 1.33. The Morgan fingerprint density at radius 2 is 1.89 bits per heavy atom. The van der Waals surface area contributed by atoms with Crippen molar-refractivity contribution in [1.82, 2.24) is 4.98 Å². The number of nitrogens with one attached hydrogen (secondary N) is 1. The molecule has 3 aromatic rings. The summed E-state index contributed by atoms with van der Waals surface area (Å²) in [6, 6.07) is 13.6. The number of benzene rings is 2. The second-order valence-corrected chi connectivity index (χ2v) is 7.39. The molecular weight excluding hydrogens is 350 g/mol. The van der Waals surface area contributed by atoms with Gasteiger partial charge < -0.3 is 15.0 Å². The van der Waals surface area contributed by atoms with Gasteiger partial charge in [-0.1, -0.05) is 12.1 Å². The maximum Gasteiger partial charge on any atom is 0.259 e. The summed E-state index contributed by atoms with van der Waals surface area (Å²) in [7, 11) is 1.62. The van der Waals surface area contributed by atoms with Crippen LogP contribution in [0.15, 0.2) is 42.5 Å². The molecule has 5 heteroatoms. The van der Waals surface area contributed by atoms with Crippen molar-refractivity contribution in [2.75, 3.05) is 30.4 Å². The number of anilines is 2. The van der Waals surface area contributed by atoms with Crippen LogP contribution in [0, 0.1) is 13.8 Å². The summed E-state index contributed by atoms with van der Waals surface area (Å²) >= 11 is 0. The standard InChI is InChI=1S/C23H25N3O2/c1-15-11-16(2)19-14-20(22(25-21(19)12-15)26-9-4-5-10-26)23(27)24-17-7-6-8-18(13-17)28-3/h6-8,11-14H,4-5,9-10H2,1-3H3,(H,24,27). The Kier molecular flexibility index (Phi) is 4.90. The van der Waals surface area contributed by atoms with Crippen molar-refractivity contribution in [1.29, 1.82) is 0 Å². The number of pyridine rings is 1. The molecule has 0 bridgehead atoms. The van der Waals surface area contributed by atoms with Crippen molar-refractivity contribution in [2.45, 2.75) is 26.7 Å². The van der Waals surface area contributed by atoms with E-state index in [1.165, 1.54) is 5.56 Å². The Hall–Kier alpha value is -3.08. The molecule has 0 unspecified atom stereocenters. The molecule has 0 spiro atoms. The lowest BCUT2D eigenvalue weighted by molar-refractivity contribution is 0.102. The van der Waals surface area contributed by atoms with E-state index in [2.05, 4.69) is 36.2 Å². The Morgan fingerprint density at radius 1 is 1.11 bits per heavy atom. The summed E-state index contributed by atoms with van der Waals surface area (Å²) < 4.78 is 5.26. The highest BCUT2D eigenvalue weighted by atomic mass is 16.5. The van der Waals surface area contributed by atoms with Crippen molar-refractivity contribution in [3.63, 3.8) is 0 Å². The number of aryl methyl sites for hydroxylation is 2. The lowest BCUT2D eigenvalue weighted by atomic mass is 10.0. The van der Waals surface area contributed by atoms with E-state index in [0.29, 0.717) is 17.0 Å². The number of hydrogen-bond acceptors (Lipinski definition) is 4. The number of methoxy groups -OCH3 is 1. The average molecular weight is 375 g/mol. The first-order valence-corrected chi connectivity index (χ1v) is 9.67. The minimum Gasteiger partial charge on any atom is -0.497 e. The van der Waals surface area contributed by atoms with Crippen molar-refractivity contribution in [3.05, 3.63) is 59.2 Å². The normalized spacial score (nSPS) is 13.8. The zero-order valence-corrected chi connectivity index (χ0v) is 16.6. The number of fused-ring (bicyclic) bond motifs is 1. The fourth-order valence-electron chi connectivity index (χ4n) is 3.86. The van der Waals surface area contributed by atoms with Gasteiger partial charge in [-0.3, -0.25) is 4.79 Å². The summed E-state index contributed by atoms with van der Waals surface area (Å²) in [5, 5.41) is 4.02. The highest BCUT2D eigenvalue weighted by molar-refractivity contribution is 6.10. The summed E-state index contributed by atoms with van der Waals surface area (Å²) in [6.07, 6.45) is 2.26. The molecule has 5 nitrogen and oxygen atoms in total. The number of nitrogens with zero attached hydrogens (tertiary/aromatic N) is 2. The lowest BCUT2D eigenvalue weighted by Crippen LogP contribution is -2.24. The van der Waals surface area contributed by atoms with E-state index in [9.17, 15) is 4.79 Å². The molecule has 1 aliphatic rings. The maximum absolute atomic E-state index is 13.2. The van der Waals surface area contributed by atoms with Crippen molar-refractivity contribution >= 4 is 28.3 Å². The monoisotopic (exact) mass is 375 g/mol. The van der Waals surface area contributed by atoms with E-state index in [4.69, 9.17) is 9.72 Å². The van der Waals surface area contributed by atoms with Crippen LogP contribution in [0.5, 0.6) is 5.75 Å². The quantitative estimate of drug-likeness (QED) is 0.717. The fourth-order valence-corrected chi connectivity index (χ4v) is 3.86. The molecule has 1 saturated heterocycles. The van der Waals surface area contributed by atoms with E-state index in [-0.39, 0.29) is 5.91 Å².